The Balaban J connectivity index is 2.22. The predicted molar refractivity (Wildman–Crippen MR) is 53.5 cm³/mol. The molecule has 0 radical (unpaired) electrons. The summed E-state index contributed by atoms with van der Waals surface area (Å²) < 4.78 is 10.4. The average molecular weight is 231 g/mol. The van der Waals surface area contributed by atoms with Gasteiger partial charge < -0.3 is 14.3 Å². The van der Waals surface area contributed by atoms with Gasteiger partial charge in [-0.1, -0.05) is 11.6 Å². The van der Waals surface area contributed by atoms with Crippen molar-refractivity contribution in [3.05, 3.63) is 22.6 Å². The lowest BCUT2D eigenvalue weighted by molar-refractivity contribution is 0.0648. The Hall–Kier alpha value is -1.00. The van der Waals surface area contributed by atoms with Crippen LogP contribution in [0.5, 0.6) is 0 Å². The zero-order chi connectivity index (χ0) is 10.8. The first-order valence-electron chi connectivity index (χ1n) is 4.78. The molecule has 0 aliphatic carbocycles. The first kappa shape index (κ1) is 10.5. The van der Waals surface area contributed by atoms with E-state index in [0.29, 0.717) is 24.0 Å². The third kappa shape index (κ3) is 2.16. The smallest absolute Gasteiger partial charge is 0.371 e. The van der Waals surface area contributed by atoms with Crippen molar-refractivity contribution in [3.8, 4) is 0 Å². The predicted octanol–water partition coefficient (Wildman–Crippen LogP) is 2.53. The molecular formula is C10H11ClO4. The van der Waals surface area contributed by atoms with Crippen LogP contribution in [0.2, 0.25) is 5.02 Å². The van der Waals surface area contributed by atoms with Gasteiger partial charge in [0.1, 0.15) is 5.76 Å². The molecule has 0 amide bonds. The Kier molecular flexibility index (Phi) is 2.98. The second kappa shape index (κ2) is 4.24. The first-order chi connectivity index (χ1) is 7.18. The molecule has 4 nitrogen and oxygen atoms in total. The number of carbonyl (C=O) groups is 1. The Morgan fingerprint density at radius 3 is 2.67 bits per heavy atom. The molecular weight excluding hydrogens is 220 g/mol. The summed E-state index contributed by atoms with van der Waals surface area (Å²) in [6.07, 6.45) is 1.65. The molecule has 5 heteroatoms. The lowest BCUT2D eigenvalue weighted by Gasteiger charge is -2.20. The van der Waals surface area contributed by atoms with E-state index in [9.17, 15) is 4.79 Å². The highest BCUT2D eigenvalue weighted by Gasteiger charge is 2.24. The van der Waals surface area contributed by atoms with E-state index in [1.165, 1.54) is 6.07 Å². The monoisotopic (exact) mass is 230 g/mol. The van der Waals surface area contributed by atoms with Crippen LogP contribution in [0.4, 0.5) is 0 Å². The zero-order valence-electron chi connectivity index (χ0n) is 8.03. The van der Waals surface area contributed by atoms with Gasteiger partial charge in [0.15, 0.2) is 0 Å². The normalized spacial score (nSPS) is 17.9. The van der Waals surface area contributed by atoms with E-state index in [1.807, 2.05) is 0 Å². The third-order valence-corrected chi connectivity index (χ3v) is 2.81. The van der Waals surface area contributed by atoms with E-state index in [1.54, 1.807) is 0 Å². The number of carboxylic acid groups (broad SMARTS) is 1. The number of rotatable bonds is 2. The van der Waals surface area contributed by atoms with E-state index in [-0.39, 0.29) is 11.7 Å². The molecule has 2 heterocycles. The van der Waals surface area contributed by atoms with Crippen LogP contribution in [0, 0.1) is 0 Å². The number of halogens is 1. The van der Waals surface area contributed by atoms with Crippen LogP contribution < -0.4 is 0 Å². The van der Waals surface area contributed by atoms with Gasteiger partial charge in [0.05, 0.1) is 5.02 Å². The van der Waals surface area contributed by atoms with Gasteiger partial charge >= 0.3 is 5.97 Å². The summed E-state index contributed by atoms with van der Waals surface area (Å²) in [4.78, 5) is 10.7. The van der Waals surface area contributed by atoms with Gasteiger partial charge in [-0.3, -0.25) is 0 Å². The van der Waals surface area contributed by atoms with E-state index in [4.69, 9.17) is 25.9 Å². The van der Waals surface area contributed by atoms with Gasteiger partial charge in [0, 0.05) is 25.2 Å². The fraction of sp³-hybridized carbons (Fsp3) is 0.500. The minimum absolute atomic E-state index is 0.0958. The standard InChI is InChI=1S/C10H11ClO4/c11-7-5-8(10(12)13)15-9(7)6-1-3-14-4-2-6/h5-6H,1-4H2,(H,12,13). The molecule has 1 aliphatic heterocycles. The number of furan rings is 1. The van der Waals surface area contributed by atoms with Crippen molar-refractivity contribution in [2.45, 2.75) is 18.8 Å². The van der Waals surface area contributed by atoms with Gasteiger partial charge in [-0.05, 0) is 12.8 Å². The molecule has 82 valence electrons. The molecule has 1 aromatic heterocycles. The largest absolute Gasteiger partial charge is 0.475 e. The Morgan fingerprint density at radius 2 is 2.13 bits per heavy atom. The Morgan fingerprint density at radius 1 is 1.47 bits per heavy atom. The van der Waals surface area contributed by atoms with Crippen LogP contribution in [0.1, 0.15) is 35.1 Å². The fourth-order valence-electron chi connectivity index (χ4n) is 1.73. The number of hydrogen-bond donors (Lipinski definition) is 1. The second-order valence-corrected chi connectivity index (χ2v) is 3.92. The van der Waals surface area contributed by atoms with Crippen LogP contribution >= 0.6 is 11.6 Å². The van der Waals surface area contributed by atoms with Crippen LogP contribution in [-0.4, -0.2) is 24.3 Å². The number of carboxylic acids is 1. The Bertz CT molecular complexity index is 365. The molecule has 0 bridgehead atoms. The summed E-state index contributed by atoms with van der Waals surface area (Å²) in [7, 11) is 0. The molecule has 2 rings (SSSR count). The maximum Gasteiger partial charge on any atom is 0.371 e. The van der Waals surface area contributed by atoms with E-state index in [2.05, 4.69) is 0 Å². The summed E-state index contributed by atoms with van der Waals surface area (Å²) in [5.74, 6) is -0.423. The number of hydrogen-bond acceptors (Lipinski definition) is 3. The van der Waals surface area contributed by atoms with E-state index >= 15 is 0 Å². The molecule has 15 heavy (non-hydrogen) atoms. The van der Waals surface area contributed by atoms with Gasteiger partial charge in [-0.2, -0.15) is 0 Å². The summed E-state index contributed by atoms with van der Waals surface area (Å²) in [5, 5.41) is 9.15. The summed E-state index contributed by atoms with van der Waals surface area (Å²) in [5.41, 5.74) is 0. The summed E-state index contributed by atoms with van der Waals surface area (Å²) in [6, 6.07) is 1.36. The van der Waals surface area contributed by atoms with E-state index < -0.39 is 5.97 Å². The molecule has 1 fully saturated rings. The highest BCUT2D eigenvalue weighted by atomic mass is 35.5. The maximum atomic E-state index is 10.7. The topological polar surface area (TPSA) is 59.7 Å². The quantitative estimate of drug-likeness (QED) is 0.848. The Labute approximate surface area is 91.8 Å². The second-order valence-electron chi connectivity index (χ2n) is 3.51. The summed E-state index contributed by atoms with van der Waals surface area (Å²) >= 11 is 5.92. The zero-order valence-corrected chi connectivity index (χ0v) is 8.79. The van der Waals surface area contributed by atoms with Gasteiger partial charge in [-0.25, -0.2) is 4.79 Å². The van der Waals surface area contributed by atoms with Crippen LogP contribution in [0.15, 0.2) is 10.5 Å². The molecule has 1 N–H and O–H groups in total. The lowest BCUT2D eigenvalue weighted by Crippen LogP contribution is -2.13. The molecule has 1 aliphatic rings. The molecule has 0 atom stereocenters. The highest BCUT2D eigenvalue weighted by molar-refractivity contribution is 6.31. The molecule has 1 saturated heterocycles. The molecule has 1 aromatic rings. The highest BCUT2D eigenvalue weighted by Crippen LogP contribution is 2.34. The van der Waals surface area contributed by atoms with Gasteiger partial charge in [-0.15, -0.1) is 0 Å². The van der Waals surface area contributed by atoms with Gasteiger partial charge in [0.2, 0.25) is 5.76 Å². The third-order valence-electron chi connectivity index (χ3n) is 2.52. The average Bonchev–Trinajstić information content (AvgIpc) is 2.62. The first-order valence-corrected chi connectivity index (χ1v) is 5.16. The van der Waals surface area contributed by atoms with Crippen LogP contribution in [0.3, 0.4) is 0 Å². The van der Waals surface area contributed by atoms with Gasteiger partial charge in [0.25, 0.3) is 0 Å². The lowest BCUT2D eigenvalue weighted by atomic mass is 9.98. The van der Waals surface area contributed by atoms with Crippen molar-refractivity contribution in [2.75, 3.05) is 13.2 Å². The van der Waals surface area contributed by atoms with Crippen molar-refractivity contribution in [1.29, 1.82) is 0 Å². The molecule has 0 unspecified atom stereocenters. The van der Waals surface area contributed by atoms with Crippen molar-refractivity contribution >= 4 is 17.6 Å². The number of ether oxygens (including phenoxy) is 1. The minimum atomic E-state index is -1.09. The molecule has 0 spiro atoms. The molecule has 0 saturated carbocycles. The molecule has 0 aromatic carbocycles. The van der Waals surface area contributed by atoms with Crippen molar-refractivity contribution in [3.63, 3.8) is 0 Å². The number of aromatic carboxylic acids is 1. The minimum Gasteiger partial charge on any atom is -0.475 e. The maximum absolute atomic E-state index is 10.7. The van der Waals surface area contributed by atoms with Crippen molar-refractivity contribution in [1.82, 2.24) is 0 Å². The van der Waals surface area contributed by atoms with Crippen LogP contribution in [0.25, 0.3) is 0 Å². The summed E-state index contributed by atoms with van der Waals surface area (Å²) in [6.45, 7) is 1.34. The SMILES string of the molecule is O=C(O)c1cc(Cl)c(C2CCOCC2)o1. The van der Waals surface area contributed by atoms with Crippen LogP contribution in [-0.2, 0) is 4.74 Å². The fourth-order valence-corrected chi connectivity index (χ4v) is 2.02. The van der Waals surface area contributed by atoms with Crippen molar-refractivity contribution in [2.24, 2.45) is 0 Å². The van der Waals surface area contributed by atoms with E-state index in [0.717, 1.165) is 12.8 Å². The van der Waals surface area contributed by atoms with Crippen molar-refractivity contribution < 1.29 is 19.1 Å².